The average molecular weight is 279 g/mol. The fourth-order valence-electron chi connectivity index (χ4n) is 2.30. The summed E-state index contributed by atoms with van der Waals surface area (Å²) in [5, 5.41) is 5.01. The van der Waals surface area contributed by atoms with Crippen molar-refractivity contribution in [1.29, 1.82) is 0 Å². The molecule has 0 bridgehead atoms. The van der Waals surface area contributed by atoms with E-state index in [1.54, 1.807) is 0 Å². The van der Waals surface area contributed by atoms with Gasteiger partial charge in [0, 0.05) is 23.8 Å². The first-order chi connectivity index (χ1) is 8.99. The Balaban J connectivity index is 2.19. The van der Waals surface area contributed by atoms with Crippen LogP contribution in [0.15, 0.2) is 11.1 Å². The Morgan fingerprint density at radius 2 is 1.84 bits per heavy atom. The molecule has 3 nitrogen and oxygen atoms in total. The molecule has 0 aliphatic heterocycles. The summed E-state index contributed by atoms with van der Waals surface area (Å²) in [6, 6.07) is 2.08. The molecule has 1 N–H and O–H groups in total. The lowest BCUT2D eigenvalue weighted by atomic mass is 9.96. The number of anilines is 1. The molecule has 1 saturated carbocycles. The van der Waals surface area contributed by atoms with Crippen molar-refractivity contribution in [1.82, 2.24) is 9.97 Å². The minimum absolute atomic E-state index is 0.00522. The van der Waals surface area contributed by atoms with Gasteiger partial charge < -0.3 is 5.32 Å². The van der Waals surface area contributed by atoms with Crippen molar-refractivity contribution in [3.63, 3.8) is 0 Å². The second-order valence-electron chi connectivity index (χ2n) is 6.29. The predicted octanol–water partition coefficient (Wildman–Crippen LogP) is 4.24. The maximum atomic E-state index is 4.76. The second-order valence-corrected chi connectivity index (χ2v) is 7.61. The van der Waals surface area contributed by atoms with Gasteiger partial charge >= 0.3 is 0 Å². The molecule has 0 aromatic carbocycles. The van der Waals surface area contributed by atoms with Gasteiger partial charge in [0.25, 0.3) is 0 Å². The van der Waals surface area contributed by atoms with E-state index in [2.05, 4.69) is 37.1 Å². The average Bonchev–Trinajstić information content (AvgIpc) is 2.38. The fraction of sp³-hybridized carbons (Fsp3) is 0.733. The molecule has 0 atom stereocenters. The summed E-state index contributed by atoms with van der Waals surface area (Å²) >= 11 is 1.93. The summed E-state index contributed by atoms with van der Waals surface area (Å²) in [7, 11) is 1.92. The molecule has 2 rings (SSSR count). The molecule has 106 valence electrons. The molecule has 0 amide bonds. The van der Waals surface area contributed by atoms with Crippen LogP contribution in [-0.4, -0.2) is 22.3 Å². The zero-order valence-electron chi connectivity index (χ0n) is 12.5. The fourth-order valence-corrected chi connectivity index (χ4v) is 3.53. The maximum Gasteiger partial charge on any atom is 0.137 e. The molecular weight excluding hydrogens is 254 g/mol. The lowest BCUT2D eigenvalue weighted by Gasteiger charge is -2.22. The molecule has 1 fully saturated rings. The molecular formula is C15H25N3S. The SMILES string of the molecule is CNc1cc(SC2CCCCC2)nc(C(C)(C)C)n1. The molecule has 4 heteroatoms. The van der Waals surface area contributed by atoms with Crippen LogP contribution in [0.2, 0.25) is 0 Å². The number of hydrogen-bond donors (Lipinski definition) is 1. The molecule has 1 heterocycles. The van der Waals surface area contributed by atoms with Crippen LogP contribution >= 0.6 is 11.8 Å². The molecule has 1 aliphatic carbocycles. The number of nitrogens with zero attached hydrogens (tertiary/aromatic N) is 2. The molecule has 0 radical (unpaired) electrons. The van der Waals surface area contributed by atoms with E-state index in [9.17, 15) is 0 Å². The van der Waals surface area contributed by atoms with Gasteiger partial charge in [-0.2, -0.15) is 0 Å². The summed E-state index contributed by atoms with van der Waals surface area (Å²) in [5.74, 6) is 1.86. The van der Waals surface area contributed by atoms with Crippen LogP contribution in [0.1, 0.15) is 58.7 Å². The first-order valence-electron chi connectivity index (χ1n) is 7.23. The van der Waals surface area contributed by atoms with Crippen LogP contribution in [0.4, 0.5) is 5.82 Å². The Kier molecular flexibility index (Phi) is 4.71. The van der Waals surface area contributed by atoms with Crippen molar-refractivity contribution in [3.05, 3.63) is 11.9 Å². The highest BCUT2D eigenvalue weighted by Gasteiger charge is 2.21. The van der Waals surface area contributed by atoms with Gasteiger partial charge in [0.15, 0.2) is 0 Å². The van der Waals surface area contributed by atoms with Crippen LogP contribution in [-0.2, 0) is 5.41 Å². The molecule has 1 aromatic heterocycles. The molecule has 1 aromatic rings. The van der Waals surface area contributed by atoms with Gasteiger partial charge in [0.1, 0.15) is 16.7 Å². The Labute approximate surface area is 121 Å². The number of nitrogens with one attached hydrogen (secondary N) is 1. The van der Waals surface area contributed by atoms with Crippen molar-refractivity contribution in [2.45, 2.75) is 68.6 Å². The predicted molar refractivity (Wildman–Crippen MR) is 83.0 cm³/mol. The summed E-state index contributed by atoms with van der Waals surface area (Å²) in [4.78, 5) is 9.34. The van der Waals surface area contributed by atoms with E-state index in [1.165, 1.54) is 32.1 Å². The van der Waals surface area contributed by atoms with Gasteiger partial charge in [-0.15, -0.1) is 11.8 Å². The van der Waals surface area contributed by atoms with Crippen molar-refractivity contribution < 1.29 is 0 Å². The number of thioether (sulfide) groups is 1. The van der Waals surface area contributed by atoms with E-state index < -0.39 is 0 Å². The van der Waals surface area contributed by atoms with Crippen LogP contribution < -0.4 is 5.32 Å². The smallest absolute Gasteiger partial charge is 0.137 e. The van der Waals surface area contributed by atoms with E-state index in [1.807, 2.05) is 18.8 Å². The van der Waals surface area contributed by atoms with Crippen molar-refractivity contribution in [2.75, 3.05) is 12.4 Å². The normalized spacial score (nSPS) is 17.5. The third kappa shape index (κ3) is 4.10. The Morgan fingerprint density at radius 3 is 2.42 bits per heavy atom. The zero-order valence-corrected chi connectivity index (χ0v) is 13.3. The van der Waals surface area contributed by atoms with E-state index in [4.69, 9.17) is 4.98 Å². The molecule has 0 saturated heterocycles. The van der Waals surface area contributed by atoms with Gasteiger partial charge in [-0.25, -0.2) is 9.97 Å². The van der Waals surface area contributed by atoms with Gasteiger partial charge in [-0.1, -0.05) is 40.0 Å². The van der Waals surface area contributed by atoms with E-state index >= 15 is 0 Å². The summed E-state index contributed by atoms with van der Waals surface area (Å²) < 4.78 is 0. The number of aromatic nitrogens is 2. The first kappa shape index (κ1) is 14.6. The lowest BCUT2D eigenvalue weighted by molar-refractivity contribution is 0.514. The van der Waals surface area contributed by atoms with Gasteiger partial charge in [-0.05, 0) is 12.8 Å². The maximum absolute atomic E-state index is 4.76. The summed E-state index contributed by atoms with van der Waals surface area (Å²) in [6.45, 7) is 6.49. The van der Waals surface area contributed by atoms with Crippen LogP contribution in [0, 0.1) is 0 Å². The van der Waals surface area contributed by atoms with Crippen LogP contribution in [0.25, 0.3) is 0 Å². The Morgan fingerprint density at radius 1 is 1.16 bits per heavy atom. The van der Waals surface area contributed by atoms with Gasteiger partial charge in [-0.3, -0.25) is 0 Å². The van der Waals surface area contributed by atoms with E-state index in [-0.39, 0.29) is 5.41 Å². The van der Waals surface area contributed by atoms with E-state index in [0.717, 1.165) is 21.9 Å². The quantitative estimate of drug-likeness (QED) is 0.840. The Bertz CT molecular complexity index is 420. The molecule has 1 aliphatic rings. The van der Waals surface area contributed by atoms with Crippen LogP contribution in [0.5, 0.6) is 0 Å². The van der Waals surface area contributed by atoms with E-state index in [0.29, 0.717) is 0 Å². The highest BCUT2D eigenvalue weighted by molar-refractivity contribution is 7.99. The third-order valence-electron chi connectivity index (χ3n) is 3.47. The molecule has 0 spiro atoms. The van der Waals surface area contributed by atoms with Crippen molar-refractivity contribution >= 4 is 17.6 Å². The number of hydrogen-bond acceptors (Lipinski definition) is 4. The number of rotatable bonds is 3. The largest absolute Gasteiger partial charge is 0.373 e. The second kappa shape index (κ2) is 6.12. The lowest BCUT2D eigenvalue weighted by Crippen LogP contribution is -2.18. The van der Waals surface area contributed by atoms with Crippen LogP contribution in [0.3, 0.4) is 0 Å². The molecule has 19 heavy (non-hydrogen) atoms. The third-order valence-corrected chi connectivity index (χ3v) is 4.72. The highest BCUT2D eigenvalue weighted by Crippen LogP contribution is 2.34. The molecule has 0 unspecified atom stereocenters. The van der Waals surface area contributed by atoms with Gasteiger partial charge in [0.2, 0.25) is 0 Å². The van der Waals surface area contributed by atoms with Gasteiger partial charge in [0.05, 0.1) is 0 Å². The monoisotopic (exact) mass is 279 g/mol. The standard InChI is InChI=1S/C15H25N3S/c1-15(2,3)14-17-12(16-4)10-13(18-14)19-11-8-6-5-7-9-11/h10-11H,5-9H2,1-4H3,(H,16,17,18). The minimum atomic E-state index is -0.00522. The highest BCUT2D eigenvalue weighted by atomic mass is 32.2. The first-order valence-corrected chi connectivity index (χ1v) is 8.11. The zero-order chi connectivity index (χ0) is 13.9. The van der Waals surface area contributed by atoms with Crippen molar-refractivity contribution in [2.24, 2.45) is 0 Å². The van der Waals surface area contributed by atoms with Crippen molar-refractivity contribution in [3.8, 4) is 0 Å². The summed E-state index contributed by atoms with van der Waals surface area (Å²) in [5.41, 5.74) is -0.00522. The summed E-state index contributed by atoms with van der Waals surface area (Å²) in [6.07, 6.45) is 6.79. The Hall–Kier alpha value is -0.770. The minimum Gasteiger partial charge on any atom is -0.373 e. The topological polar surface area (TPSA) is 37.8 Å².